The number of rotatable bonds is 6. The van der Waals surface area contributed by atoms with Crippen molar-refractivity contribution in [1.82, 2.24) is 9.78 Å². The van der Waals surface area contributed by atoms with Crippen LogP contribution in [0, 0.1) is 0 Å². The smallest absolute Gasteiger partial charge is 0.143 e. The first-order valence-electron chi connectivity index (χ1n) is 6.85. The quantitative estimate of drug-likeness (QED) is 0.794. The van der Waals surface area contributed by atoms with Gasteiger partial charge in [0.05, 0.1) is 11.9 Å². The molecule has 0 amide bonds. The minimum Gasteiger partial charge on any atom is -0.299 e. The molecule has 0 radical (unpaired) electrons. The van der Waals surface area contributed by atoms with E-state index in [0.29, 0.717) is 18.0 Å². The Morgan fingerprint density at radius 3 is 2.89 bits per heavy atom. The lowest BCUT2D eigenvalue weighted by molar-refractivity contribution is -0.116. The van der Waals surface area contributed by atoms with Crippen molar-refractivity contribution in [2.75, 3.05) is 5.75 Å². The summed E-state index contributed by atoms with van der Waals surface area (Å²) in [6, 6.07) is 0. The zero-order valence-electron chi connectivity index (χ0n) is 11.1. The third-order valence-corrected chi connectivity index (χ3v) is 4.91. The van der Waals surface area contributed by atoms with E-state index < -0.39 is 0 Å². The molecule has 2 rings (SSSR count). The highest BCUT2D eigenvalue weighted by atomic mass is 32.2. The highest BCUT2D eigenvalue weighted by Crippen LogP contribution is 2.28. The van der Waals surface area contributed by atoms with Crippen molar-refractivity contribution < 1.29 is 4.79 Å². The zero-order chi connectivity index (χ0) is 12.8. The normalized spacial score (nSPS) is 16.9. The molecule has 1 aliphatic rings. The molecule has 0 atom stereocenters. The van der Waals surface area contributed by atoms with Gasteiger partial charge in [-0.1, -0.05) is 19.3 Å². The summed E-state index contributed by atoms with van der Waals surface area (Å²) in [5.74, 6) is 1.08. The highest BCUT2D eigenvalue weighted by molar-refractivity contribution is 8.00. The van der Waals surface area contributed by atoms with Crippen LogP contribution < -0.4 is 0 Å². The van der Waals surface area contributed by atoms with E-state index in [1.165, 1.54) is 32.1 Å². The van der Waals surface area contributed by atoms with E-state index in [2.05, 4.69) is 5.10 Å². The number of hydrogen-bond donors (Lipinski definition) is 0. The molecule has 1 aliphatic carbocycles. The van der Waals surface area contributed by atoms with E-state index in [1.807, 2.05) is 31.2 Å². The number of aryl methyl sites for hydroxylation is 2. The molecule has 4 heteroatoms. The third kappa shape index (κ3) is 4.48. The number of nitrogens with zero attached hydrogens (tertiary/aromatic N) is 2. The van der Waals surface area contributed by atoms with Crippen LogP contribution in [0.15, 0.2) is 12.4 Å². The molecular formula is C14H22N2OS. The number of ketones is 1. The van der Waals surface area contributed by atoms with Crippen molar-refractivity contribution in [2.24, 2.45) is 7.05 Å². The van der Waals surface area contributed by atoms with Gasteiger partial charge < -0.3 is 0 Å². The largest absolute Gasteiger partial charge is 0.299 e. The summed E-state index contributed by atoms with van der Waals surface area (Å²) in [7, 11) is 1.91. The van der Waals surface area contributed by atoms with E-state index in [1.54, 1.807) is 4.68 Å². The summed E-state index contributed by atoms with van der Waals surface area (Å²) >= 11 is 1.88. The SMILES string of the molecule is Cn1cc(CCC(=O)CSC2CCCCC2)cn1. The Hall–Kier alpha value is -0.770. The van der Waals surface area contributed by atoms with Crippen LogP contribution in [-0.4, -0.2) is 26.6 Å². The molecule has 100 valence electrons. The van der Waals surface area contributed by atoms with Gasteiger partial charge in [0.15, 0.2) is 0 Å². The number of hydrogen-bond acceptors (Lipinski definition) is 3. The molecule has 0 N–H and O–H groups in total. The molecule has 0 aliphatic heterocycles. The van der Waals surface area contributed by atoms with Gasteiger partial charge in [0.25, 0.3) is 0 Å². The van der Waals surface area contributed by atoms with Gasteiger partial charge in [-0.25, -0.2) is 0 Å². The van der Waals surface area contributed by atoms with Crippen LogP contribution in [0.25, 0.3) is 0 Å². The summed E-state index contributed by atoms with van der Waals surface area (Å²) in [5, 5.41) is 4.85. The average Bonchev–Trinajstić information content (AvgIpc) is 2.81. The second-order valence-corrected chi connectivity index (χ2v) is 6.42. The Balaban J connectivity index is 1.62. The zero-order valence-corrected chi connectivity index (χ0v) is 11.9. The van der Waals surface area contributed by atoms with Gasteiger partial charge in [-0.2, -0.15) is 16.9 Å². The summed E-state index contributed by atoms with van der Waals surface area (Å²) in [4.78, 5) is 11.8. The van der Waals surface area contributed by atoms with E-state index in [4.69, 9.17) is 0 Å². The van der Waals surface area contributed by atoms with E-state index in [-0.39, 0.29) is 0 Å². The molecule has 1 heterocycles. The molecule has 18 heavy (non-hydrogen) atoms. The maximum Gasteiger partial charge on any atom is 0.143 e. The topological polar surface area (TPSA) is 34.9 Å². The fourth-order valence-corrected chi connectivity index (χ4v) is 3.63. The van der Waals surface area contributed by atoms with E-state index in [9.17, 15) is 4.79 Å². The van der Waals surface area contributed by atoms with Crippen LogP contribution in [0.5, 0.6) is 0 Å². The highest BCUT2D eigenvalue weighted by Gasteiger charge is 2.15. The van der Waals surface area contributed by atoms with Gasteiger partial charge in [0.1, 0.15) is 5.78 Å². The Morgan fingerprint density at radius 1 is 1.44 bits per heavy atom. The fourth-order valence-electron chi connectivity index (χ4n) is 2.40. The van der Waals surface area contributed by atoms with Crippen LogP contribution in [0.2, 0.25) is 0 Å². The molecule has 1 aromatic heterocycles. The molecule has 0 spiro atoms. The number of carbonyl (C=O) groups excluding carboxylic acids is 1. The summed E-state index contributed by atoms with van der Waals surface area (Å²) < 4.78 is 1.79. The van der Waals surface area contributed by atoms with Crippen LogP contribution in [0.4, 0.5) is 0 Å². The minimum atomic E-state index is 0.384. The van der Waals surface area contributed by atoms with Crippen LogP contribution in [0.1, 0.15) is 44.1 Å². The van der Waals surface area contributed by atoms with Crippen LogP contribution >= 0.6 is 11.8 Å². The molecule has 0 saturated heterocycles. The molecule has 1 saturated carbocycles. The molecule has 0 aromatic carbocycles. The predicted molar refractivity (Wildman–Crippen MR) is 75.9 cm³/mol. The predicted octanol–water partition coefficient (Wildman–Crippen LogP) is 2.99. The van der Waals surface area contributed by atoms with E-state index in [0.717, 1.165) is 17.2 Å². The van der Waals surface area contributed by atoms with Crippen molar-refractivity contribution in [3.8, 4) is 0 Å². The molecule has 0 unspecified atom stereocenters. The van der Waals surface area contributed by atoms with Gasteiger partial charge in [-0.15, -0.1) is 0 Å². The first kappa shape index (κ1) is 13.7. The van der Waals surface area contributed by atoms with Crippen molar-refractivity contribution in [2.45, 2.75) is 50.2 Å². The van der Waals surface area contributed by atoms with Crippen molar-refractivity contribution in [3.63, 3.8) is 0 Å². The third-order valence-electron chi connectivity index (χ3n) is 3.48. The second-order valence-electron chi connectivity index (χ2n) is 5.13. The first-order chi connectivity index (χ1) is 8.74. The summed E-state index contributed by atoms with van der Waals surface area (Å²) in [6.07, 6.45) is 12.0. The Kier molecular flexibility index (Phi) is 5.29. The Bertz CT molecular complexity index is 383. The monoisotopic (exact) mass is 266 g/mol. The molecule has 0 bridgehead atoms. The van der Waals surface area contributed by atoms with Crippen molar-refractivity contribution in [1.29, 1.82) is 0 Å². The minimum absolute atomic E-state index is 0.384. The van der Waals surface area contributed by atoms with Crippen molar-refractivity contribution >= 4 is 17.5 Å². The first-order valence-corrected chi connectivity index (χ1v) is 7.90. The maximum atomic E-state index is 11.8. The summed E-state index contributed by atoms with van der Waals surface area (Å²) in [5.41, 5.74) is 1.16. The molecule has 1 aromatic rings. The standard InChI is InChI=1S/C14H22N2OS/c1-16-10-12(9-15-16)7-8-13(17)11-18-14-5-3-2-4-6-14/h9-10,14H,2-8,11H2,1H3. The Morgan fingerprint density at radius 2 is 2.22 bits per heavy atom. The number of thioether (sulfide) groups is 1. The van der Waals surface area contributed by atoms with Gasteiger partial charge in [0, 0.05) is 24.9 Å². The number of carbonyl (C=O) groups is 1. The van der Waals surface area contributed by atoms with Crippen LogP contribution in [-0.2, 0) is 18.3 Å². The number of Topliss-reactive ketones (excluding diaryl/α,β-unsaturated/α-hetero) is 1. The van der Waals surface area contributed by atoms with Gasteiger partial charge >= 0.3 is 0 Å². The van der Waals surface area contributed by atoms with Gasteiger partial charge in [0.2, 0.25) is 0 Å². The van der Waals surface area contributed by atoms with E-state index >= 15 is 0 Å². The molecular weight excluding hydrogens is 244 g/mol. The lowest BCUT2D eigenvalue weighted by Crippen LogP contribution is -2.12. The Labute approximate surface area is 113 Å². The lowest BCUT2D eigenvalue weighted by Gasteiger charge is -2.20. The van der Waals surface area contributed by atoms with Gasteiger partial charge in [-0.05, 0) is 24.8 Å². The maximum absolute atomic E-state index is 11.8. The van der Waals surface area contributed by atoms with Crippen molar-refractivity contribution in [3.05, 3.63) is 18.0 Å². The fraction of sp³-hybridized carbons (Fsp3) is 0.714. The van der Waals surface area contributed by atoms with Crippen LogP contribution in [0.3, 0.4) is 0 Å². The second kappa shape index (κ2) is 6.98. The average molecular weight is 266 g/mol. The van der Waals surface area contributed by atoms with Gasteiger partial charge in [-0.3, -0.25) is 9.48 Å². The summed E-state index contributed by atoms with van der Waals surface area (Å²) in [6.45, 7) is 0. The molecule has 3 nitrogen and oxygen atoms in total. The lowest BCUT2D eigenvalue weighted by atomic mass is 10.0. The molecule has 1 fully saturated rings. The number of aromatic nitrogens is 2.